The molecule has 5 nitrogen and oxygen atoms in total. The van der Waals surface area contributed by atoms with Crippen LogP contribution < -0.4 is 0 Å². The summed E-state index contributed by atoms with van der Waals surface area (Å²) < 4.78 is 10.0. The average molecular weight is 258 g/mol. The predicted molar refractivity (Wildman–Crippen MR) is 64.8 cm³/mol. The average Bonchev–Trinajstić information content (AvgIpc) is 2.29. The van der Waals surface area contributed by atoms with Crippen molar-refractivity contribution in [2.75, 3.05) is 6.61 Å². The van der Waals surface area contributed by atoms with Crippen molar-refractivity contribution in [3.8, 4) is 0 Å². The number of hydrogen-bond donors (Lipinski definition) is 1. The molecule has 18 heavy (non-hydrogen) atoms. The maximum Gasteiger partial charge on any atom is 0.342 e. The van der Waals surface area contributed by atoms with E-state index < -0.39 is 23.6 Å². The minimum absolute atomic E-state index is 0.202. The predicted octanol–water partition coefficient (Wildman–Crippen LogP) is 1.57. The molecule has 0 heterocycles. The van der Waals surface area contributed by atoms with Crippen molar-refractivity contribution in [3.05, 3.63) is 0 Å². The van der Waals surface area contributed by atoms with Crippen LogP contribution in [0.5, 0.6) is 0 Å². The molecule has 0 spiro atoms. The van der Waals surface area contributed by atoms with Gasteiger partial charge in [0.2, 0.25) is 0 Å². The first-order chi connectivity index (χ1) is 8.50. The number of aliphatic hydroxyl groups is 1. The fourth-order valence-corrected chi connectivity index (χ4v) is 2.32. The van der Waals surface area contributed by atoms with Gasteiger partial charge in [-0.05, 0) is 32.6 Å². The summed E-state index contributed by atoms with van der Waals surface area (Å²) in [6.07, 6.45) is 3.53. The Balaban J connectivity index is 2.87. The van der Waals surface area contributed by atoms with E-state index in [-0.39, 0.29) is 13.0 Å². The Morgan fingerprint density at radius 2 is 1.94 bits per heavy atom. The van der Waals surface area contributed by atoms with Crippen LogP contribution >= 0.6 is 0 Å². The van der Waals surface area contributed by atoms with E-state index in [1.807, 2.05) is 0 Å². The Bertz CT molecular complexity index is 302. The van der Waals surface area contributed by atoms with E-state index in [1.54, 1.807) is 6.92 Å². The third kappa shape index (κ3) is 3.70. The van der Waals surface area contributed by atoms with Crippen LogP contribution in [0.25, 0.3) is 0 Å². The molecule has 1 fully saturated rings. The topological polar surface area (TPSA) is 72.8 Å². The van der Waals surface area contributed by atoms with Crippen LogP contribution in [0.3, 0.4) is 0 Å². The summed E-state index contributed by atoms with van der Waals surface area (Å²) >= 11 is 0. The van der Waals surface area contributed by atoms with Crippen LogP contribution in [-0.4, -0.2) is 35.4 Å². The van der Waals surface area contributed by atoms with Crippen molar-refractivity contribution >= 4 is 11.9 Å². The molecule has 0 amide bonds. The number of esters is 2. The quantitative estimate of drug-likeness (QED) is 0.778. The molecular weight excluding hydrogens is 236 g/mol. The number of carbonyl (C=O) groups is 2. The van der Waals surface area contributed by atoms with Gasteiger partial charge in [-0.2, -0.15) is 0 Å². The normalized spacial score (nSPS) is 28.9. The van der Waals surface area contributed by atoms with Gasteiger partial charge in [-0.25, -0.2) is 4.79 Å². The largest absolute Gasteiger partial charge is 0.464 e. The second kappa shape index (κ2) is 6.73. The summed E-state index contributed by atoms with van der Waals surface area (Å²) in [7, 11) is 0. The van der Waals surface area contributed by atoms with Gasteiger partial charge in [0.05, 0.1) is 6.61 Å². The van der Waals surface area contributed by atoms with Gasteiger partial charge in [0.1, 0.15) is 6.10 Å². The summed E-state index contributed by atoms with van der Waals surface area (Å²) in [5.41, 5.74) is -1.69. The second-order valence-electron chi connectivity index (χ2n) is 4.70. The molecule has 0 aromatic carbocycles. The smallest absolute Gasteiger partial charge is 0.342 e. The maximum absolute atomic E-state index is 11.9. The molecule has 1 aliphatic carbocycles. The number of rotatable bonds is 3. The first-order valence-corrected chi connectivity index (χ1v) is 6.57. The van der Waals surface area contributed by atoms with Crippen LogP contribution in [0.15, 0.2) is 0 Å². The molecule has 1 rings (SSSR count). The summed E-state index contributed by atoms with van der Waals surface area (Å²) in [5, 5.41) is 10.5. The molecule has 5 heteroatoms. The summed E-state index contributed by atoms with van der Waals surface area (Å²) in [5.74, 6) is -1.17. The Morgan fingerprint density at radius 3 is 2.56 bits per heavy atom. The zero-order valence-electron chi connectivity index (χ0n) is 11.1. The second-order valence-corrected chi connectivity index (χ2v) is 4.70. The Morgan fingerprint density at radius 1 is 1.28 bits per heavy atom. The van der Waals surface area contributed by atoms with Gasteiger partial charge >= 0.3 is 11.9 Å². The lowest BCUT2D eigenvalue weighted by Crippen LogP contribution is -2.52. The monoisotopic (exact) mass is 258 g/mol. The minimum Gasteiger partial charge on any atom is -0.464 e. The van der Waals surface area contributed by atoms with Gasteiger partial charge in [0, 0.05) is 6.92 Å². The van der Waals surface area contributed by atoms with Crippen LogP contribution in [0, 0.1) is 0 Å². The fourth-order valence-electron chi connectivity index (χ4n) is 2.32. The van der Waals surface area contributed by atoms with E-state index in [1.165, 1.54) is 6.92 Å². The van der Waals surface area contributed by atoms with Crippen LogP contribution in [0.2, 0.25) is 0 Å². The third-order valence-electron chi connectivity index (χ3n) is 3.24. The lowest BCUT2D eigenvalue weighted by atomic mass is 9.84. The Hall–Kier alpha value is -1.10. The molecule has 0 aromatic rings. The molecule has 0 saturated heterocycles. The third-order valence-corrected chi connectivity index (χ3v) is 3.24. The first-order valence-electron chi connectivity index (χ1n) is 6.57. The Labute approximate surface area is 107 Å². The molecular formula is C13H22O5. The van der Waals surface area contributed by atoms with E-state index in [4.69, 9.17) is 9.47 Å². The minimum atomic E-state index is -1.69. The molecule has 2 atom stereocenters. The van der Waals surface area contributed by atoms with E-state index in [2.05, 4.69) is 0 Å². The summed E-state index contributed by atoms with van der Waals surface area (Å²) in [4.78, 5) is 23.0. The molecule has 0 radical (unpaired) electrons. The highest BCUT2D eigenvalue weighted by molar-refractivity contribution is 5.80. The molecule has 0 aromatic heterocycles. The fraction of sp³-hybridized carbons (Fsp3) is 0.846. The molecule has 0 aliphatic heterocycles. The van der Waals surface area contributed by atoms with Crippen molar-refractivity contribution in [2.45, 2.75) is 64.1 Å². The molecule has 0 unspecified atom stereocenters. The van der Waals surface area contributed by atoms with E-state index >= 15 is 0 Å². The van der Waals surface area contributed by atoms with Gasteiger partial charge in [-0.15, -0.1) is 0 Å². The van der Waals surface area contributed by atoms with Crippen molar-refractivity contribution < 1.29 is 24.2 Å². The number of ether oxygens (including phenoxy) is 2. The van der Waals surface area contributed by atoms with E-state index in [0.29, 0.717) is 6.42 Å². The molecule has 1 aliphatic rings. The highest BCUT2D eigenvalue weighted by Gasteiger charge is 2.47. The van der Waals surface area contributed by atoms with Crippen LogP contribution in [0.1, 0.15) is 52.4 Å². The van der Waals surface area contributed by atoms with Crippen molar-refractivity contribution in [2.24, 2.45) is 0 Å². The van der Waals surface area contributed by atoms with E-state index in [0.717, 1.165) is 25.7 Å². The molecule has 1 saturated carbocycles. The van der Waals surface area contributed by atoms with Crippen LogP contribution in [-0.2, 0) is 19.1 Å². The van der Waals surface area contributed by atoms with E-state index in [9.17, 15) is 14.7 Å². The first kappa shape index (κ1) is 15.0. The highest BCUT2D eigenvalue weighted by Crippen LogP contribution is 2.30. The van der Waals surface area contributed by atoms with Gasteiger partial charge in [-0.3, -0.25) is 4.79 Å². The number of carbonyl (C=O) groups excluding carboxylic acids is 2. The molecule has 1 N–H and O–H groups in total. The SMILES string of the molecule is CCOC(=O)[C@]1(O)CCCCCC[C@H]1OC(C)=O. The van der Waals surface area contributed by atoms with Crippen molar-refractivity contribution in [1.29, 1.82) is 0 Å². The highest BCUT2D eigenvalue weighted by atomic mass is 16.6. The van der Waals surface area contributed by atoms with Gasteiger partial charge in [0.25, 0.3) is 0 Å². The Kier molecular flexibility index (Phi) is 5.59. The van der Waals surface area contributed by atoms with Gasteiger partial charge < -0.3 is 14.6 Å². The lowest BCUT2D eigenvalue weighted by Gasteiger charge is -2.34. The summed E-state index contributed by atoms with van der Waals surface area (Å²) in [6.45, 7) is 3.17. The lowest BCUT2D eigenvalue weighted by molar-refractivity contribution is -0.190. The van der Waals surface area contributed by atoms with Gasteiger partial charge in [0.15, 0.2) is 5.60 Å². The van der Waals surface area contributed by atoms with Gasteiger partial charge in [-0.1, -0.05) is 12.8 Å². The zero-order valence-corrected chi connectivity index (χ0v) is 11.1. The number of hydrogen-bond acceptors (Lipinski definition) is 5. The molecule has 104 valence electrons. The molecule has 0 bridgehead atoms. The van der Waals surface area contributed by atoms with Crippen LogP contribution in [0.4, 0.5) is 0 Å². The maximum atomic E-state index is 11.9. The standard InChI is InChI=1S/C13H22O5/c1-3-17-12(15)13(16)9-7-5-4-6-8-11(13)18-10(2)14/h11,16H,3-9H2,1-2H3/t11-,13+/m1/s1. The summed E-state index contributed by atoms with van der Waals surface area (Å²) in [6, 6.07) is 0. The van der Waals surface area contributed by atoms with Crippen molar-refractivity contribution in [1.82, 2.24) is 0 Å². The zero-order chi connectivity index (χ0) is 13.6. The van der Waals surface area contributed by atoms with Crippen molar-refractivity contribution in [3.63, 3.8) is 0 Å².